The summed E-state index contributed by atoms with van der Waals surface area (Å²) >= 11 is 0. The lowest BCUT2D eigenvalue weighted by Crippen LogP contribution is -2.48. The van der Waals surface area contributed by atoms with Crippen molar-refractivity contribution in [3.05, 3.63) is 54.6 Å². The number of anilines is 3. The topological polar surface area (TPSA) is 96.2 Å². The standard InChI is InChI=1S/C19H24N4O2.ClH/c1-3-13-19(2,20)17(24)21-15-9-11-16(12-10-15)23-18(25)22-14-7-5-4-6-8-14;/h4-12H,3,13,20H2,1-2H3,(H,21,24)(H2,22,23,25);1H. The molecule has 140 valence electrons. The molecule has 0 saturated carbocycles. The minimum atomic E-state index is -0.902. The van der Waals surface area contributed by atoms with Gasteiger partial charge >= 0.3 is 6.03 Å². The summed E-state index contributed by atoms with van der Waals surface area (Å²) < 4.78 is 0. The fourth-order valence-electron chi connectivity index (χ4n) is 2.36. The average molecular weight is 377 g/mol. The van der Waals surface area contributed by atoms with Gasteiger partial charge in [0.15, 0.2) is 0 Å². The van der Waals surface area contributed by atoms with Gasteiger partial charge in [-0.25, -0.2) is 4.79 Å². The summed E-state index contributed by atoms with van der Waals surface area (Å²) in [5, 5.41) is 8.26. The first-order chi connectivity index (χ1) is 11.9. The third-order valence-electron chi connectivity index (χ3n) is 3.72. The number of rotatable bonds is 6. The Morgan fingerprint density at radius 2 is 1.35 bits per heavy atom. The number of para-hydroxylation sites is 1. The van der Waals surface area contributed by atoms with Crippen LogP contribution in [0.25, 0.3) is 0 Å². The maximum atomic E-state index is 12.2. The van der Waals surface area contributed by atoms with Crippen LogP contribution < -0.4 is 21.7 Å². The zero-order valence-corrected chi connectivity index (χ0v) is 15.7. The predicted molar refractivity (Wildman–Crippen MR) is 109 cm³/mol. The van der Waals surface area contributed by atoms with Crippen LogP contribution in [-0.4, -0.2) is 17.5 Å². The van der Waals surface area contributed by atoms with Gasteiger partial charge in [0.2, 0.25) is 5.91 Å². The van der Waals surface area contributed by atoms with Crippen molar-refractivity contribution in [2.45, 2.75) is 32.2 Å². The number of carbonyl (C=O) groups is 2. The van der Waals surface area contributed by atoms with Gasteiger partial charge in [-0.05, 0) is 49.7 Å². The van der Waals surface area contributed by atoms with Gasteiger partial charge < -0.3 is 21.7 Å². The summed E-state index contributed by atoms with van der Waals surface area (Å²) in [7, 11) is 0. The molecule has 0 aliphatic heterocycles. The maximum absolute atomic E-state index is 12.2. The molecule has 1 atom stereocenters. The highest BCUT2D eigenvalue weighted by molar-refractivity contribution is 6.00. The number of urea groups is 1. The molecular formula is C19H25ClN4O2. The summed E-state index contributed by atoms with van der Waals surface area (Å²) in [4.78, 5) is 24.1. The molecule has 26 heavy (non-hydrogen) atoms. The SMILES string of the molecule is CCCC(C)(N)C(=O)Nc1ccc(NC(=O)Nc2ccccc2)cc1.Cl. The van der Waals surface area contributed by atoms with Crippen LogP contribution in [0.5, 0.6) is 0 Å². The number of amides is 3. The molecule has 2 rings (SSSR count). The van der Waals surface area contributed by atoms with Crippen molar-refractivity contribution in [3.8, 4) is 0 Å². The van der Waals surface area contributed by atoms with Gasteiger partial charge in [-0.3, -0.25) is 4.79 Å². The lowest BCUT2D eigenvalue weighted by molar-refractivity contribution is -0.120. The van der Waals surface area contributed by atoms with Crippen molar-refractivity contribution >= 4 is 41.4 Å². The Labute approximate surface area is 160 Å². The Bertz CT molecular complexity index is 718. The third-order valence-corrected chi connectivity index (χ3v) is 3.72. The Morgan fingerprint density at radius 3 is 1.85 bits per heavy atom. The van der Waals surface area contributed by atoms with E-state index in [0.29, 0.717) is 23.5 Å². The zero-order chi connectivity index (χ0) is 18.3. The highest BCUT2D eigenvalue weighted by Gasteiger charge is 2.27. The highest BCUT2D eigenvalue weighted by Crippen LogP contribution is 2.17. The predicted octanol–water partition coefficient (Wildman–Crippen LogP) is 4.21. The molecule has 0 bridgehead atoms. The second-order valence-corrected chi connectivity index (χ2v) is 6.14. The van der Waals surface area contributed by atoms with E-state index in [1.165, 1.54) is 0 Å². The van der Waals surface area contributed by atoms with E-state index in [4.69, 9.17) is 5.73 Å². The second kappa shape index (κ2) is 9.79. The van der Waals surface area contributed by atoms with Crippen molar-refractivity contribution < 1.29 is 9.59 Å². The largest absolute Gasteiger partial charge is 0.325 e. The molecule has 2 aromatic carbocycles. The van der Waals surface area contributed by atoms with E-state index < -0.39 is 5.54 Å². The minimum absolute atomic E-state index is 0. The van der Waals surface area contributed by atoms with Crippen LogP contribution in [0, 0.1) is 0 Å². The lowest BCUT2D eigenvalue weighted by atomic mass is 9.96. The molecule has 0 spiro atoms. The molecule has 5 N–H and O–H groups in total. The monoisotopic (exact) mass is 376 g/mol. The Hall–Kier alpha value is -2.57. The number of benzene rings is 2. The van der Waals surface area contributed by atoms with Crippen molar-refractivity contribution in [1.29, 1.82) is 0 Å². The van der Waals surface area contributed by atoms with E-state index in [1.807, 2.05) is 25.1 Å². The molecule has 6 nitrogen and oxygen atoms in total. The summed E-state index contributed by atoms with van der Waals surface area (Å²) in [5.74, 6) is -0.225. The van der Waals surface area contributed by atoms with Crippen LogP contribution in [0.3, 0.4) is 0 Å². The number of nitrogens with two attached hydrogens (primary N) is 1. The zero-order valence-electron chi connectivity index (χ0n) is 14.9. The average Bonchev–Trinajstić information content (AvgIpc) is 2.57. The first kappa shape index (κ1) is 21.5. The molecule has 0 saturated heterocycles. The summed E-state index contributed by atoms with van der Waals surface area (Å²) in [6, 6.07) is 15.7. The molecule has 0 aliphatic rings. The number of halogens is 1. The minimum Gasteiger partial charge on any atom is -0.325 e. The van der Waals surface area contributed by atoms with Crippen molar-refractivity contribution in [3.63, 3.8) is 0 Å². The molecule has 1 unspecified atom stereocenters. The Morgan fingerprint density at radius 1 is 0.885 bits per heavy atom. The van der Waals surface area contributed by atoms with Crippen LogP contribution in [-0.2, 0) is 4.79 Å². The van der Waals surface area contributed by atoms with Crippen LogP contribution in [0.4, 0.5) is 21.9 Å². The van der Waals surface area contributed by atoms with E-state index in [9.17, 15) is 9.59 Å². The molecule has 3 amide bonds. The van der Waals surface area contributed by atoms with Gasteiger partial charge in [0.1, 0.15) is 0 Å². The van der Waals surface area contributed by atoms with Gasteiger partial charge in [0, 0.05) is 17.1 Å². The van der Waals surface area contributed by atoms with Crippen LogP contribution in [0.1, 0.15) is 26.7 Å². The van der Waals surface area contributed by atoms with Gasteiger partial charge in [-0.15, -0.1) is 12.4 Å². The Kier molecular flexibility index (Phi) is 8.09. The van der Waals surface area contributed by atoms with Crippen LogP contribution in [0.15, 0.2) is 54.6 Å². The van der Waals surface area contributed by atoms with E-state index in [-0.39, 0.29) is 24.3 Å². The number of hydrogen-bond donors (Lipinski definition) is 4. The Balaban J connectivity index is 0.00000338. The molecule has 0 fully saturated rings. The smallest absolute Gasteiger partial charge is 0.323 e. The van der Waals surface area contributed by atoms with Gasteiger partial charge in [0.25, 0.3) is 0 Å². The first-order valence-corrected chi connectivity index (χ1v) is 8.24. The van der Waals surface area contributed by atoms with E-state index in [0.717, 1.165) is 6.42 Å². The number of hydrogen-bond acceptors (Lipinski definition) is 3. The normalized spacial score (nSPS) is 12.3. The lowest BCUT2D eigenvalue weighted by Gasteiger charge is -2.22. The van der Waals surface area contributed by atoms with E-state index in [2.05, 4.69) is 16.0 Å². The van der Waals surface area contributed by atoms with Crippen molar-refractivity contribution in [2.75, 3.05) is 16.0 Å². The van der Waals surface area contributed by atoms with Gasteiger partial charge in [-0.2, -0.15) is 0 Å². The van der Waals surface area contributed by atoms with Crippen molar-refractivity contribution in [2.24, 2.45) is 5.73 Å². The molecule has 7 heteroatoms. The van der Waals surface area contributed by atoms with Crippen LogP contribution in [0.2, 0.25) is 0 Å². The second-order valence-electron chi connectivity index (χ2n) is 6.14. The molecule has 2 aromatic rings. The molecule has 0 aromatic heterocycles. The molecule has 0 heterocycles. The van der Waals surface area contributed by atoms with E-state index in [1.54, 1.807) is 43.3 Å². The quantitative estimate of drug-likeness (QED) is 0.608. The van der Waals surface area contributed by atoms with Crippen LogP contribution >= 0.6 is 12.4 Å². The number of carbonyl (C=O) groups excluding carboxylic acids is 2. The van der Waals surface area contributed by atoms with E-state index >= 15 is 0 Å². The highest BCUT2D eigenvalue weighted by atomic mass is 35.5. The fourth-order valence-corrected chi connectivity index (χ4v) is 2.36. The fraction of sp³-hybridized carbons (Fsp3) is 0.263. The maximum Gasteiger partial charge on any atom is 0.323 e. The summed E-state index contributed by atoms with van der Waals surface area (Å²) in [5.41, 5.74) is 7.07. The first-order valence-electron chi connectivity index (χ1n) is 8.24. The van der Waals surface area contributed by atoms with Crippen molar-refractivity contribution in [1.82, 2.24) is 0 Å². The molecule has 0 radical (unpaired) electrons. The molecular weight excluding hydrogens is 352 g/mol. The van der Waals surface area contributed by atoms with Gasteiger partial charge in [-0.1, -0.05) is 31.5 Å². The summed E-state index contributed by atoms with van der Waals surface area (Å²) in [6.45, 7) is 3.70. The third kappa shape index (κ3) is 6.38. The number of nitrogens with one attached hydrogen (secondary N) is 3. The summed E-state index contributed by atoms with van der Waals surface area (Å²) in [6.07, 6.45) is 1.44. The van der Waals surface area contributed by atoms with Gasteiger partial charge in [0.05, 0.1) is 5.54 Å². The molecule has 0 aliphatic carbocycles.